The molecule has 0 aliphatic heterocycles. The largest absolute Gasteiger partial charge is 0.481 e. The van der Waals surface area contributed by atoms with E-state index in [0.717, 1.165) is 6.07 Å². The van der Waals surface area contributed by atoms with Crippen LogP contribution >= 0.6 is 0 Å². The van der Waals surface area contributed by atoms with Gasteiger partial charge in [-0.1, -0.05) is 0 Å². The van der Waals surface area contributed by atoms with Gasteiger partial charge in [0, 0.05) is 12.6 Å². The average Bonchev–Trinajstić information content (AvgIpc) is 3.17. The summed E-state index contributed by atoms with van der Waals surface area (Å²) in [5.41, 5.74) is -2.07. The molecule has 2 N–H and O–H groups in total. The van der Waals surface area contributed by atoms with Crippen LogP contribution in [0, 0.1) is 21.3 Å². The van der Waals surface area contributed by atoms with Crippen LogP contribution in [0.3, 0.4) is 0 Å². The molecule has 0 saturated heterocycles. The van der Waals surface area contributed by atoms with E-state index in [2.05, 4.69) is 4.72 Å². The van der Waals surface area contributed by atoms with Crippen LogP contribution in [-0.4, -0.2) is 31.0 Å². The summed E-state index contributed by atoms with van der Waals surface area (Å²) in [6.07, 6.45) is 0.711. The van der Waals surface area contributed by atoms with Crippen molar-refractivity contribution in [1.82, 2.24) is 4.72 Å². The lowest BCUT2D eigenvalue weighted by Crippen LogP contribution is -2.34. The van der Waals surface area contributed by atoms with Crippen LogP contribution in [0.1, 0.15) is 12.8 Å². The topological polar surface area (TPSA) is 127 Å². The lowest BCUT2D eigenvalue weighted by molar-refractivity contribution is -0.387. The number of nitro benzene ring substituents is 1. The molecule has 1 fully saturated rings. The van der Waals surface area contributed by atoms with Crippen LogP contribution in [-0.2, 0) is 14.8 Å². The van der Waals surface area contributed by atoms with Gasteiger partial charge >= 0.3 is 11.7 Å². The molecule has 1 aliphatic carbocycles. The third-order valence-corrected chi connectivity index (χ3v) is 4.73. The second-order valence-corrected chi connectivity index (χ2v) is 6.55. The fraction of sp³-hybridized carbons (Fsp3) is 0.364. The maximum Gasteiger partial charge on any atom is 0.310 e. The van der Waals surface area contributed by atoms with Gasteiger partial charge in [-0.3, -0.25) is 14.9 Å². The minimum Gasteiger partial charge on any atom is -0.481 e. The molecule has 21 heavy (non-hydrogen) atoms. The molecule has 0 aromatic heterocycles. The Morgan fingerprint density at radius 1 is 1.48 bits per heavy atom. The SMILES string of the molecule is O=C(O)C1(CNS(=O)(=O)c2ccc(F)c([N+](=O)[O-])c2)CC1. The fourth-order valence-corrected chi connectivity index (χ4v) is 2.88. The van der Waals surface area contributed by atoms with Gasteiger partial charge in [0.25, 0.3) is 0 Å². The Labute approximate surface area is 118 Å². The van der Waals surface area contributed by atoms with Crippen LogP contribution in [0.4, 0.5) is 10.1 Å². The molecule has 1 aromatic rings. The molecule has 1 saturated carbocycles. The highest BCUT2D eigenvalue weighted by Crippen LogP contribution is 2.45. The molecule has 0 amide bonds. The van der Waals surface area contributed by atoms with E-state index in [1.165, 1.54) is 0 Å². The number of nitro groups is 1. The summed E-state index contributed by atoms with van der Waals surface area (Å²) in [6.45, 7) is -0.310. The van der Waals surface area contributed by atoms with Crippen molar-refractivity contribution in [2.75, 3.05) is 6.54 Å². The first-order valence-electron chi connectivity index (χ1n) is 5.85. The number of hydrogen-bond acceptors (Lipinski definition) is 5. The summed E-state index contributed by atoms with van der Waals surface area (Å²) >= 11 is 0. The Bertz CT molecular complexity index is 713. The minimum absolute atomic E-state index is 0.310. The number of carbonyl (C=O) groups is 1. The second kappa shape index (κ2) is 5.04. The van der Waals surface area contributed by atoms with Crippen molar-refractivity contribution < 1.29 is 27.6 Å². The first kappa shape index (κ1) is 15.3. The zero-order valence-corrected chi connectivity index (χ0v) is 11.4. The van der Waals surface area contributed by atoms with Crippen LogP contribution < -0.4 is 4.72 Å². The number of carboxylic acid groups (broad SMARTS) is 1. The molecule has 0 atom stereocenters. The average molecular weight is 318 g/mol. The number of hydrogen-bond donors (Lipinski definition) is 2. The van der Waals surface area contributed by atoms with E-state index in [-0.39, 0.29) is 6.54 Å². The molecule has 8 nitrogen and oxygen atoms in total. The molecule has 0 radical (unpaired) electrons. The Kier molecular flexibility index (Phi) is 3.68. The number of rotatable bonds is 6. The summed E-state index contributed by atoms with van der Waals surface area (Å²) in [7, 11) is -4.14. The van der Waals surface area contributed by atoms with Crippen molar-refractivity contribution in [3.8, 4) is 0 Å². The molecular weight excluding hydrogens is 307 g/mol. The summed E-state index contributed by atoms with van der Waals surface area (Å²) in [5, 5.41) is 19.5. The maximum absolute atomic E-state index is 13.2. The third-order valence-electron chi connectivity index (χ3n) is 3.33. The molecule has 0 heterocycles. The van der Waals surface area contributed by atoms with Gasteiger partial charge in [0.05, 0.1) is 15.2 Å². The third kappa shape index (κ3) is 3.00. The van der Waals surface area contributed by atoms with Gasteiger partial charge in [0.15, 0.2) is 0 Å². The van der Waals surface area contributed by atoms with Crippen molar-refractivity contribution in [2.45, 2.75) is 17.7 Å². The Balaban J connectivity index is 2.22. The predicted octanol–water partition coefficient (Wildman–Crippen LogP) is 0.877. The molecule has 1 aliphatic rings. The molecule has 10 heteroatoms. The maximum atomic E-state index is 13.2. The van der Waals surface area contributed by atoms with E-state index in [4.69, 9.17) is 5.11 Å². The minimum atomic E-state index is -4.14. The Morgan fingerprint density at radius 2 is 2.10 bits per heavy atom. The van der Waals surface area contributed by atoms with E-state index >= 15 is 0 Å². The summed E-state index contributed by atoms with van der Waals surface area (Å²) < 4.78 is 39.2. The standard InChI is InChI=1S/C11H11FN2O6S/c12-8-2-1-7(5-9(8)14(17)18)21(19,20)13-6-11(3-4-11)10(15)16/h1-2,5,13H,3-4,6H2,(H,15,16). The highest BCUT2D eigenvalue weighted by Gasteiger charge is 2.50. The van der Waals surface area contributed by atoms with E-state index < -0.39 is 42.7 Å². The van der Waals surface area contributed by atoms with Crippen LogP contribution in [0.2, 0.25) is 0 Å². The monoisotopic (exact) mass is 318 g/mol. The first-order valence-corrected chi connectivity index (χ1v) is 7.33. The number of halogens is 1. The van der Waals surface area contributed by atoms with E-state index in [1.54, 1.807) is 0 Å². The van der Waals surface area contributed by atoms with E-state index in [1.807, 2.05) is 0 Å². The van der Waals surface area contributed by atoms with Gasteiger partial charge < -0.3 is 5.11 Å². The zero-order valence-electron chi connectivity index (χ0n) is 10.6. The van der Waals surface area contributed by atoms with Gasteiger partial charge in [0.1, 0.15) is 0 Å². The second-order valence-electron chi connectivity index (χ2n) is 4.78. The molecular formula is C11H11FN2O6S. The summed E-state index contributed by atoms with van der Waals surface area (Å²) in [5.74, 6) is -2.25. The van der Waals surface area contributed by atoms with E-state index in [0.29, 0.717) is 25.0 Å². The Hall–Kier alpha value is -2.07. The molecule has 2 rings (SSSR count). The molecule has 1 aromatic carbocycles. The van der Waals surface area contributed by atoms with Gasteiger partial charge in [-0.05, 0) is 25.0 Å². The van der Waals surface area contributed by atoms with Crippen LogP contribution in [0.25, 0.3) is 0 Å². The predicted molar refractivity (Wildman–Crippen MR) is 67.5 cm³/mol. The number of nitrogens with zero attached hydrogens (tertiary/aromatic N) is 1. The quantitative estimate of drug-likeness (QED) is 0.592. The first-order chi connectivity index (χ1) is 9.68. The molecule has 0 bridgehead atoms. The smallest absolute Gasteiger partial charge is 0.310 e. The lowest BCUT2D eigenvalue weighted by atomic mass is 10.1. The lowest BCUT2D eigenvalue weighted by Gasteiger charge is -2.11. The number of benzene rings is 1. The fourth-order valence-electron chi connectivity index (χ4n) is 1.73. The number of nitrogens with one attached hydrogen (secondary N) is 1. The van der Waals surface area contributed by atoms with E-state index in [9.17, 15) is 27.7 Å². The summed E-state index contributed by atoms with van der Waals surface area (Å²) in [6, 6.07) is 2.15. The van der Waals surface area contributed by atoms with Crippen LogP contribution in [0.15, 0.2) is 23.1 Å². The zero-order chi connectivity index (χ0) is 15.8. The van der Waals surface area contributed by atoms with Crippen LogP contribution in [0.5, 0.6) is 0 Å². The van der Waals surface area contributed by atoms with Crippen molar-refractivity contribution in [3.63, 3.8) is 0 Å². The van der Waals surface area contributed by atoms with Crippen molar-refractivity contribution in [2.24, 2.45) is 5.41 Å². The van der Waals surface area contributed by atoms with Crippen molar-refractivity contribution >= 4 is 21.7 Å². The van der Waals surface area contributed by atoms with Gasteiger partial charge in [-0.15, -0.1) is 0 Å². The highest BCUT2D eigenvalue weighted by molar-refractivity contribution is 7.89. The summed E-state index contributed by atoms with van der Waals surface area (Å²) in [4.78, 5) is 20.0. The van der Waals surface area contributed by atoms with Gasteiger partial charge in [-0.25, -0.2) is 13.1 Å². The van der Waals surface area contributed by atoms with Crippen molar-refractivity contribution in [1.29, 1.82) is 0 Å². The van der Waals surface area contributed by atoms with Gasteiger partial charge in [-0.2, -0.15) is 4.39 Å². The highest BCUT2D eigenvalue weighted by atomic mass is 32.2. The number of sulfonamides is 1. The van der Waals surface area contributed by atoms with Crippen molar-refractivity contribution in [3.05, 3.63) is 34.1 Å². The molecule has 114 valence electrons. The van der Waals surface area contributed by atoms with Gasteiger partial charge in [0.2, 0.25) is 15.8 Å². The number of aliphatic carboxylic acids is 1. The Morgan fingerprint density at radius 3 is 2.57 bits per heavy atom. The molecule has 0 unspecified atom stereocenters. The number of carboxylic acids is 1. The molecule has 0 spiro atoms. The normalized spacial score (nSPS) is 16.4.